The van der Waals surface area contributed by atoms with Gasteiger partial charge in [-0.05, 0) is 29.7 Å². The zero-order chi connectivity index (χ0) is 21.1. The lowest BCUT2D eigenvalue weighted by atomic mass is 10.1. The van der Waals surface area contributed by atoms with Gasteiger partial charge in [0, 0.05) is 37.6 Å². The molecule has 1 unspecified atom stereocenters. The quantitative estimate of drug-likeness (QED) is 0.238. The standard InChI is InChI=1S/C20H15Cl2N3O4S/c21-14-5-6-16(17(22)10-14)18(11-24-8-7-23-20(24)29-25(26)27)28-12-15-9-13-3-1-2-4-19(13)30-15/h1-10,18H,11-12H2. The predicted molar refractivity (Wildman–Crippen MR) is 116 cm³/mol. The number of rotatable bonds is 8. The molecule has 0 aliphatic heterocycles. The van der Waals surface area contributed by atoms with Gasteiger partial charge >= 0.3 is 5.09 Å². The third kappa shape index (κ3) is 4.73. The lowest BCUT2D eigenvalue weighted by molar-refractivity contribution is -0.713. The fraction of sp³-hybridized carbons (Fsp3) is 0.150. The van der Waals surface area contributed by atoms with E-state index in [0.29, 0.717) is 22.2 Å². The Morgan fingerprint density at radius 2 is 2.03 bits per heavy atom. The monoisotopic (exact) mass is 463 g/mol. The van der Waals surface area contributed by atoms with Crippen molar-refractivity contribution in [3.63, 3.8) is 0 Å². The van der Waals surface area contributed by atoms with Crippen molar-refractivity contribution >= 4 is 44.6 Å². The van der Waals surface area contributed by atoms with Crippen LogP contribution in [-0.4, -0.2) is 14.6 Å². The Kier molecular flexibility index (Phi) is 6.19. The van der Waals surface area contributed by atoms with Crippen LogP contribution in [-0.2, 0) is 17.9 Å². The molecule has 0 amide bonds. The number of hydrogen-bond donors (Lipinski definition) is 0. The van der Waals surface area contributed by atoms with Gasteiger partial charge in [-0.3, -0.25) is 0 Å². The van der Waals surface area contributed by atoms with Gasteiger partial charge < -0.3 is 9.30 Å². The largest absolute Gasteiger partial charge is 0.366 e. The second-order valence-corrected chi connectivity index (χ2v) is 8.41. The molecule has 4 rings (SSSR count). The van der Waals surface area contributed by atoms with Crippen molar-refractivity contribution in [1.82, 2.24) is 9.55 Å². The molecule has 4 aromatic rings. The van der Waals surface area contributed by atoms with Crippen LogP contribution in [0.2, 0.25) is 10.0 Å². The first-order valence-electron chi connectivity index (χ1n) is 8.87. The first-order chi connectivity index (χ1) is 14.5. The summed E-state index contributed by atoms with van der Waals surface area (Å²) in [7, 11) is 0. The van der Waals surface area contributed by atoms with E-state index in [1.54, 1.807) is 35.7 Å². The second kappa shape index (κ2) is 9.01. The summed E-state index contributed by atoms with van der Waals surface area (Å²) in [5, 5.41) is 11.9. The van der Waals surface area contributed by atoms with Crippen molar-refractivity contribution in [3.8, 4) is 6.01 Å². The summed E-state index contributed by atoms with van der Waals surface area (Å²) < 4.78 is 8.88. The number of imidazole rings is 1. The van der Waals surface area contributed by atoms with Gasteiger partial charge in [-0.2, -0.15) is 0 Å². The highest BCUT2D eigenvalue weighted by atomic mass is 35.5. The summed E-state index contributed by atoms with van der Waals surface area (Å²) in [6.07, 6.45) is 2.49. The fourth-order valence-electron chi connectivity index (χ4n) is 3.07. The summed E-state index contributed by atoms with van der Waals surface area (Å²) in [5.74, 6) is 0. The van der Waals surface area contributed by atoms with Crippen molar-refractivity contribution in [2.24, 2.45) is 0 Å². The number of benzene rings is 2. The topological polar surface area (TPSA) is 79.4 Å². The molecule has 30 heavy (non-hydrogen) atoms. The molecule has 0 aliphatic rings. The number of ether oxygens (including phenoxy) is 1. The van der Waals surface area contributed by atoms with Crippen molar-refractivity contribution < 1.29 is 14.7 Å². The van der Waals surface area contributed by atoms with E-state index in [1.807, 2.05) is 12.1 Å². The molecule has 154 valence electrons. The summed E-state index contributed by atoms with van der Waals surface area (Å²) in [5.41, 5.74) is 0.711. The Morgan fingerprint density at radius 1 is 1.20 bits per heavy atom. The van der Waals surface area contributed by atoms with Crippen molar-refractivity contribution in [3.05, 3.63) is 91.5 Å². The summed E-state index contributed by atoms with van der Waals surface area (Å²) in [6.45, 7) is 0.568. The van der Waals surface area contributed by atoms with E-state index in [0.717, 1.165) is 10.3 Å². The van der Waals surface area contributed by atoms with E-state index >= 15 is 0 Å². The van der Waals surface area contributed by atoms with Gasteiger partial charge in [0.25, 0.3) is 6.01 Å². The highest BCUT2D eigenvalue weighted by Gasteiger charge is 2.20. The van der Waals surface area contributed by atoms with Crippen molar-refractivity contribution in [2.75, 3.05) is 0 Å². The minimum Gasteiger partial charge on any atom is -0.366 e. The first-order valence-corrected chi connectivity index (χ1v) is 10.4. The molecular weight excluding hydrogens is 449 g/mol. The van der Waals surface area contributed by atoms with Crippen LogP contribution in [0.4, 0.5) is 0 Å². The Bertz CT molecular complexity index is 1160. The van der Waals surface area contributed by atoms with E-state index in [4.69, 9.17) is 27.9 Å². The number of nitrogens with zero attached hydrogens (tertiary/aromatic N) is 3. The molecule has 0 N–H and O–H groups in total. The highest BCUT2D eigenvalue weighted by Crippen LogP contribution is 2.33. The Labute approximate surface area is 185 Å². The molecule has 0 saturated heterocycles. The van der Waals surface area contributed by atoms with Gasteiger partial charge in [-0.1, -0.05) is 47.5 Å². The number of thiophene rings is 1. The molecule has 0 radical (unpaired) electrons. The van der Waals surface area contributed by atoms with E-state index in [1.165, 1.54) is 15.5 Å². The van der Waals surface area contributed by atoms with Gasteiger partial charge in [-0.15, -0.1) is 21.5 Å². The lowest BCUT2D eigenvalue weighted by Crippen LogP contribution is -2.16. The minimum absolute atomic E-state index is 0.138. The van der Waals surface area contributed by atoms with Crippen molar-refractivity contribution in [2.45, 2.75) is 19.3 Å². The Morgan fingerprint density at radius 3 is 2.80 bits per heavy atom. The maximum absolute atomic E-state index is 10.7. The number of fused-ring (bicyclic) bond motifs is 1. The fourth-order valence-corrected chi connectivity index (χ4v) is 4.59. The van der Waals surface area contributed by atoms with E-state index in [9.17, 15) is 10.1 Å². The van der Waals surface area contributed by atoms with Gasteiger partial charge in [0.2, 0.25) is 0 Å². The zero-order valence-corrected chi connectivity index (χ0v) is 17.7. The van der Waals surface area contributed by atoms with E-state index < -0.39 is 11.2 Å². The average Bonchev–Trinajstić information content (AvgIpc) is 3.31. The molecule has 1 atom stereocenters. The first kappa shape index (κ1) is 20.6. The normalized spacial score (nSPS) is 12.2. The number of hydrogen-bond acceptors (Lipinski definition) is 6. The molecule has 0 aliphatic carbocycles. The van der Waals surface area contributed by atoms with E-state index in [2.05, 4.69) is 28.0 Å². The molecule has 10 heteroatoms. The van der Waals surface area contributed by atoms with Crippen LogP contribution in [0.25, 0.3) is 10.1 Å². The average molecular weight is 464 g/mol. The maximum Gasteiger partial charge on any atom is 0.302 e. The van der Waals surface area contributed by atoms with Gasteiger partial charge in [0.05, 0.1) is 13.2 Å². The number of aromatic nitrogens is 2. The Balaban J connectivity index is 1.60. The summed E-state index contributed by atoms with van der Waals surface area (Å²) in [6, 6.07) is 15.2. The summed E-state index contributed by atoms with van der Waals surface area (Å²) in [4.78, 5) is 20.2. The molecular formula is C20H15Cl2N3O4S. The van der Waals surface area contributed by atoms with E-state index in [-0.39, 0.29) is 12.6 Å². The van der Waals surface area contributed by atoms with Crippen LogP contribution in [0.1, 0.15) is 16.5 Å². The third-order valence-electron chi connectivity index (χ3n) is 4.41. The molecule has 2 heterocycles. The zero-order valence-electron chi connectivity index (χ0n) is 15.4. The smallest absolute Gasteiger partial charge is 0.302 e. The third-order valence-corrected chi connectivity index (χ3v) is 6.06. The van der Waals surface area contributed by atoms with Crippen LogP contribution in [0.3, 0.4) is 0 Å². The molecule has 0 fully saturated rings. The van der Waals surface area contributed by atoms with Crippen LogP contribution >= 0.6 is 34.5 Å². The molecule has 2 aromatic carbocycles. The lowest BCUT2D eigenvalue weighted by Gasteiger charge is -2.20. The Hall–Kier alpha value is -2.65. The molecule has 0 saturated carbocycles. The minimum atomic E-state index is -0.902. The van der Waals surface area contributed by atoms with Gasteiger partial charge in [0.1, 0.15) is 6.10 Å². The van der Waals surface area contributed by atoms with Gasteiger partial charge in [0.15, 0.2) is 0 Å². The highest BCUT2D eigenvalue weighted by molar-refractivity contribution is 7.19. The van der Waals surface area contributed by atoms with Crippen LogP contribution < -0.4 is 4.84 Å². The SMILES string of the molecule is O=[N+]([O-])Oc1nccn1CC(OCc1cc2ccccc2s1)c1ccc(Cl)cc1Cl. The number of halogens is 2. The second-order valence-electron chi connectivity index (χ2n) is 6.39. The predicted octanol–water partition coefficient (Wildman–Crippen LogP) is 5.93. The summed E-state index contributed by atoms with van der Waals surface area (Å²) >= 11 is 14.1. The van der Waals surface area contributed by atoms with Gasteiger partial charge in [-0.25, -0.2) is 9.82 Å². The van der Waals surface area contributed by atoms with Crippen LogP contribution in [0.5, 0.6) is 6.01 Å². The van der Waals surface area contributed by atoms with Crippen molar-refractivity contribution in [1.29, 1.82) is 0 Å². The maximum atomic E-state index is 10.7. The molecule has 7 nitrogen and oxygen atoms in total. The van der Waals surface area contributed by atoms with Crippen LogP contribution in [0, 0.1) is 10.1 Å². The molecule has 0 spiro atoms. The molecule has 2 aromatic heterocycles. The van der Waals surface area contributed by atoms with Crippen LogP contribution in [0.15, 0.2) is 60.9 Å². The molecule has 0 bridgehead atoms.